The molecule has 1 saturated carbocycles. The van der Waals surface area contributed by atoms with E-state index in [0.717, 1.165) is 32.4 Å². The Bertz CT molecular complexity index is 312. The summed E-state index contributed by atoms with van der Waals surface area (Å²) in [6.07, 6.45) is 5.62. The van der Waals surface area contributed by atoms with Crippen LogP contribution in [0.15, 0.2) is 0 Å². The first kappa shape index (κ1) is 18.0. The van der Waals surface area contributed by atoms with Gasteiger partial charge in [-0.2, -0.15) is 0 Å². The van der Waals surface area contributed by atoms with Gasteiger partial charge < -0.3 is 10.4 Å². The molecule has 0 spiro atoms. The first-order chi connectivity index (χ1) is 9.11. The van der Waals surface area contributed by atoms with Crippen LogP contribution < -0.4 is 5.32 Å². The molecule has 115 valence electrons. The number of piperidine rings is 1. The van der Waals surface area contributed by atoms with Gasteiger partial charge in [-0.3, -0.25) is 9.69 Å². The second-order valence-electron chi connectivity index (χ2n) is 6.43. The van der Waals surface area contributed by atoms with Gasteiger partial charge in [-0.25, -0.2) is 0 Å². The summed E-state index contributed by atoms with van der Waals surface area (Å²) < 4.78 is 0. The van der Waals surface area contributed by atoms with Gasteiger partial charge in [-0.15, -0.1) is 0 Å². The maximum atomic E-state index is 11.8. The third kappa shape index (κ3) is 4.49. The van der Waals surface area contributed by atoms with Crippen LogP contribution in [0.1, 0.15) is 46.0 Å². The molecule has 2 bridgehead atoms. The van der Waals surface area contributed by atoms with Gasteiger partial charge in [0.15, 0.2) is 0 Å². The van der Waals surface area contributed by atoms with Gasteiger partial charge >= 0.3 is 0 Å². The van der Waals surface area contributed by atoms with Crippen molar-refractivity contribution in [2.45, 2.75) is 58.0 Å². The molecule has 1 saturated heterocycles. The summed E-state index contributed by atoms with van der Waals surface area (Å²) in [5.41, 5.74) is 0. The molecule has 3 atom stereocenters. The van der Waals surface area contributed by atoms with Gasteiger partial charge in [0.1, 0.15) is 0 Å². The standard InChI is InChI=1S/C15H28N2O2.V/c1-11(2)15(19)16-14-9-13-8-12(14)10-17(13)6-4-3-5-7-18;/h11-14,18H,3-10H2,1-2H3,(H,16,19);. The van der Waals surface area contributed by atoms with Gasteiger partial charge in [0.25, 0.3) is 0 Å². The molecule has 0 aromatic carbocycles. The molecule has 1 amide bonds. The Morgan fingerprint density at radius 3 is 2.60 bits per heavy atom. The van der Waals surface area contributed by atoms with E-state index >= 15 is 0 Å². The quantitative estimate of drug-likeness (QED) is 0.697. The van der Waals surface area contributed by atoms with Crippen LogP contribution in [0.4, 0.5) is 0 Å². The number of unbranched alkanes of at least 4 members (excludes halogenated alkanes) is 2. The molecule has 1 aliphatic heterocycles. The van der Waals surface area contributed by atoms with Crippen LogP contribution in [-0.4, -0.2) is 47.7 Å². The average molecular weight is 319 g/mol. The van der Waals surface area contributed by atoms with Crippen LogP contribution in [0.5, 0.6) is 0 Å². The minimum atomic E-state index is 0. The molecule has 4 nitrogen and oxygen atoms in total. The predicted molar refractivity (Wildman–Crippen MR) is 75.8 cm³/mol. The van der Waals surface area contributed by atoms with Crippen molar-refractivity contribution in [3.05, 3.63) is 0 Å². The molecule has 1 aliphatic carbocycles. The number of hydrogen-bond donors (Lipinski definition) is 2. The summed E-state index contributed by atoms with van der Waals surface area (Å²) in [5, 5.41) is 12.0. The van der Waals surface area contributed by atoms with Crippen LogP contribution in [0.3, 0.4) is 0 Å². The first-order valence-corrected chi connectivity index (χ1v) is 7.77. The number of carbonyl (C=O) groups is 1. The Morgan fingerprint density at radius 2 is 2.05 bits per heavy atom. The monoisotopic (exact) mass is 319 g/mol. The zero-order valence-corrected chi connectivity index (χ0v) is 14.1. The number of aliphatic hydroxyl groups excluding tert-OH is 1. The minimum absolute atomic E-state index is 0. The molecular weight excluding hydrogens is 291 g/mol. The fourth-order valence-electron chi connectivity index (χ4n) is 3.45. The molecule has 2 fully saturated rings. The molecule has 3 unspecified atom stereocenters. The Morgan fingerprint density at radius 1 is 1.30 bits per heavy atom. The zero-order chi connectivity index (χ0) is 13.8. The number of nitrogens with one attached hydrogen (secondary N) is 1. The third-order valence-electron chi connectivity index (χ3n) is 4.61. The van der Waals surface area contributed by atoms with E-state index in [1.54, 1.807) is 0 Å². The number of carbonyl (C=O) groups excluding carboxylic acids is 1. The molecule has 2 aliphatic rings. The number of hydrogen-bond acceptors (Lipinski definition) is 3. The fraction of sp³-hybridized carbons (Fsp3) is 0.933. The van der Waals surface area contributed by atoms with Crippen LogP contribution in [0, 0.1) is 11.8 Å². The summed E-state index contributed by atoms with van der Waals surface area (Å²) in [7, 11) is 0. The van der Waals surface area contributed by atoms with Crippen LogP contribution >= 0.6 is 0 Å². The van der Waals surface area contributed by atoms with E-state index < -0.39 is 0 Å². The Labute approximate surface area is 134 Å². The average Bonchev–Trinajstić information content (AvgIpc) is 2.94. The SMILES string of the molecule is CC(C)C(=O)NC1CC2CC1CN2CCCCCO.[V]. The second kappa shape index (κ2) is 8.43. The number of fused-ring (bicyclic) bond motifs is 2. The maximum Gasteiger partial charge on any atom is 0.222 e. The van der Waals surface area contributed by atoms with E-state index in [1.807, 2.05) is 13.8 Å². The molecule has 1 radical (unpaired) electrons. The largest absolute Gasteiger partial charge is 0.396 e. The van der Waals surface area contributed by atoms with Crippen molar-refractivity contribution in [3.63, 3.8) is 0 Å². The smallest absolute Gasteiger partial charge is 0.222 e. The van der Waals surface area contributed by atoms with Crippen molar-refractivity contribution in [2.24, 2.45) is 11.8 Å². The second-order valence-corrected chi connectivity index (χ2v) is 6.43. The molecule has 20 heavy (non-hydrogen) atoms. The molecule has 0 aromatic heterocycles. The summed E-state index contributed by atoms with van der Waals surface area (Å²) in [6.45, 7) is 6.53. The summed E-state index contributed by atoms with van der Waals surface area (Å²) >= 11 is 0. The van der Waals surface area contributed by atoms with Crippen LogP contribution in [0.25, 0.3) is 0 Å². The van der Waals surface area contributed by atoms with E-state index in [9.17, 15) is 4.79 Å². The van der Waals surface area contributed by atoms with Gasteiger partial charge in [-0.1, -0.05) is 13.8 Å². The Kier molecular flexibility index (Phi) is 7.59. The van der Waals surface area contributed by atoms with Crippen molar-refractivity contribution < 1.29 is 28.5 Å². The molecule has 5 heteroatoms. The van der Waals surface area contributed by atoms with Crippen LogP contribution in [0.2, 0.25) is 0 Å². The number of rotatable bonds is 7. The molecule has 0 aromatic rings. The molecule has 2 rings (SSSR count). The number of likely N-dealkylation sites (tertiary alicyclic amines) is 1. The van der Waals surface area contributed by atoms with E-state index in [0.29, 0.717) is 24.6 Å². The van der Waals surface area contributed by atoms with Gasteiger partial charge in [0.2, 0.25) is 5.91 Å². The predicted octanol–water partition coefficient (Wildman–Crippen LogP) is 1.38. The maximum absolute atomic E-state index is 11.8. The minimum Gasteiger partial charge on any atom is -0.396 e. The van der Waals surface area contributed by atoms with Crippen molar-refractivity contribution in [1.29, 1.82) is 0 Å². The molecule has 1 heterocycles. The van der Waals surface area contributed by atoms with E-state index in [2.05, 4.69) is 10.2 Å². The fourth-order valence-corrected chi connectivity index (χ4v) is 3.45. The van der Waals surface area contributed by atoms with E-state index in [-0.39, 0.29) is 30.4 Å². The molecule has 2 N–H and O–H groups in total. The number of amides is 1. The summed E-state index contributed by atoms with van der Waals surface area (Å²) in [5.74, 6) is 0.950. The summed E-state index contributed by atoms with van der Waals surface area (Å²) in [4.78, 5) is 14.3. The van der Waals surface area contributed by atoms with E-state index in [4.69, 9.17) is 5.11 Å². The Hall–Kier alpha value is -0.0256. The zero-order valence-electron chi connectivity index (χ0n) is 12.7. The topological polar surface area (TPSA) is 52.6 Å². The number of nitrogens with zero attached hydrogens (tertiary/aromatic N) is 1. The van der Waals surface area contributed by atoms with Crippen LogP contribution in [-0.2, 0) is 23.4 Å². The van der Waals surface area contributed by atoms with Crippen molar-refractivity contribution >= 4 is 5.91 Å². The molecular formula is C15H28N2O2V. The van der Waals surface area contributed by atoms with Crippen molar-refractivity contribution in [1.82, 2.24) is 10.2 Å². The van der Waals surface area contributed by atoms with E-state index in [1.165, 1.54) is 12.8 Å². The summed E-state index contributed by atoms with van der Waals surface area (Å²) in [6, 6.07) is 1.09. The Balaban J connectivity index is 0.00000200. The number of aliphatic hydroxyl groups is 1. The van der Waals surface area contributed by atoms with Gasteiger partial charge in [-0.05, 0) is 44.6 Å². The van der Waals surface area contributed by atoms with Crippen molar-refractivity contribution in [2.75, 3.05) is 19.7 Å². The first-order valence-electron chi connectivity index (χ1n) is 7.77. The van der Waals surface area contributed by atoms with Gasteiger partial charge in [0, 0.05) is 49.7 Å². The normalized spacial score (nSPS) is 28.7. The third-order valence-corrected chi connectivity index (χ3v) is 4.61. The van der Waals surface area contributed by atoms with Crippen molar-refractivity contribution in [3.8, 4) is 0 Å². The van der Waals surface area contributed by atoms with Gasteiger partial charge in [0.05, 0.1) is 0 Å².